The van der Waals surface area contributed by atoms with E-state index in [0.717, 1.165) is 60.5 Å². The standard InChI is InChI=1S/C14H15NO2S/c15-7-11-9-3-1-6-17-14(9)12(8-18)10-4-2-5-16-13(10)11/h18H,1-6,8H2. The summed E-state index contributed by atoms with van der Waals surface area (Å²) in [6.07, 6.45) is 3.82. The molecule has 0 atom stereocenters. The van der Waals surface area contributed by atoms with Gasteiger partial charge in [0.25, 0.3) is 0 Å². The summed E-state index contributed by atoms with van der Waals surface area (Å²) in [7, 11) is 0. The highest BCUT2D eigenvalue weighted by Crippen LogP contribution is 2.43. The lowest BCUT2D eigenvalue weighted by molar-refractivity contribution is 0.269. The average Bonchev–Trinajstić information content (AvgIpc) is 2.44. The number of hydrogen-bond donors (Lipinski definition) is 1. The molecule has 2 aliphatic rings. The predicted octanol–water partition coefficient (Wildman–Crippen LogP) is 2.64. The van der Waals surface area contributed by atoms with Crippen molar-refractivity contribution in [2.24, 2.45) is 0 Å². The Balaban J connectivity index is 2.30. The zero-order valence-corrected chi connectivity index (χ0v) is 11.1. The largest absolute Gasteiger partial charge is 0.493 e. The molecule has 0 bridgehead atoms. The average molecular weight is 261 g/mol. The Bertz CT molecular complexity index is 497. The van der Waals surface area contributed by atoms with Gasteiger partial charge in [-0.2, -0.15) is 17.9 Å². The first-order valence-corrected chi connectivity index (χ1v) is 6.97. The maximum atomic E-state index is 9.41. The van der Waals surface area contributed by atoms with Crippen molar-refractivity contribution in [1.29, 1.82) is 5.26 Å². The van der Waals surface area contributed by atoms with E-state index in [4.69, 9.17) is 9.47 Å². The van der Waals surface area contributed by atoms with E-state index in [1.54, 1.807) is 0 Å². The fraction of sp³-hybridized carbons (Fsp3) is 0.500. The number of thiol groups is 1. The zero-order valence-electron chi connectivity index (χ0n) is 10.2. The third kappa shape index (κ3) is 1.65. The highest BCUT2D eigenvalue weighted by atomic mass is 32.1. The van der Waals surface area contributed by atoms with Gasteiger partial charge in [0, 0.05) is 22.4 Å². The molecule has 0 saturated carbocycles. The molecule has 2 heterocycles. The summed E-state index contributed by atoms with van der Waals surface area (Å²) in [6.45, 7) is 1.44. The van der Waals surface area contributed by atoms with E-state index in [2.05, 4.69) is 18.7 Å². The summed E-state index contributed by atoms with van der Waals surface area (Å²) in [4.78, 5) is 0. The summed E-state index contributed by atoms with van der Waals surface area (Å²) < 4.78 is 11.5. The molecule has 1 aromatic rings. The van der Waals surface area contributed by atoms with Crippen molar-refractivity contribution in [1.82, 2.24) is 0 Å². The van der Waals surface area contributed by atoms with Crippen LogP contribution in [0.3, 0.4) is 0 Å². The van der Waals surface area contributed by atoms with Crippen LogP contribution < -0.4 is 9.47 Å². The molecule has 0 N–H and O–H groups in total. The number of benzene rings is 1. The van der Waals surface area contributed by atoms with Crippen molar-refractivity contribution in [3.05, 3.63) is 22.3 Å². The van der Waals surface area contributed by atoms with Crippen LogP contribution in [0.25, 0.3) is 0 Å². The predicted molar refractivity (Wildman–Crippen MR) is 71.5 cm³/mol. The molecule has 0 aliphatic carbocycles. The topological polar surface area (TPSA) is 42.2 Å². The second-order valence-electron chi connectivity index (χ2n) is 4.64. The van der Waals surface area contributed by atoms with Gasteiger partial charge < -0.3 is 9.47 Å². The monoisotopic (exact) mass is 261 g/mol. The van der Waals surface area contributed by atoms with Crippen LogP contribution >= 0.6 is 12.6 Å². The van der Waals surface area contributed by atoms with Crippen LogP contribution in [0, 0.1) is 11.3 Å². The van der Waals surface area contributed by atoms with Crippen LogP contribution in [0.5, 0.6) is 11.5 Å². The highest BCUT2D eigenvalue weighted by Gasteiger charge is 2.28. The normalized spacial score (nSPS) is 16.9. The van der Waals surface area contributed by atoms with Crippen molar-refractivity contribution in [2.45, 2.75) is 31.4 Å². The molecule has 0 spiro atoms. The fourth-order valence-electron chi connectivity index (χ4n) is 2.83. The molecule has 0 fully saturated rings. The number of nitrogens with zero attached hydrogens (tertiary/aromatic N) is 1. The molecule has 1 aromatic carbocycles. The van der Waals surface area contributed by atoms with Gasteiger partial charge in [-0.3, -0.25) is 0 Å². The Morgan fingerprint density at radius 3 is 2.39 bits per heavy atom. The lowest BCUT2D eigenvalue weighted by atomic mass is 9.89. The van der Waals surface area contributed by atoms with Gasteiger partial charge in [-0.1, -0.05) is 0 Å². The van der Waals surface area contributed by atoms with Crippen LogP contribution in [0.4, 0.5) is 0 Å². The van der Waals surface area contributed by atoms with Crippen molar-refractivity contribution < 1.29 is 9.47 Å². The van der Waals surface area contributed by atoms with Crippen molar-refractivity contribution in [3.63, 3.8) is 0 Å². The van der Waals surface area contributed by atoms with Crippen LogP contribution in [0.2, 0.25) is 0 Å². The quantitative estimate of drug-likeness (QED) is 0.790. The van der Waals surface area contributed by atoms with E-state index >= 15 is 0 Å². The van der Waals surface area contributed by atoms with Gasteiger partial charge in [0.15, 0.2) is 0 Å². The van der Waals surface area contributed by atoms with Gasteiger partial charge in [0.1, 0.15) is 23.1 Å². The van der Waals surface area contributed by atoms with Gasteiger partial charge in [0.2, 0.25) is 0 Å². The lowest BCUT2D eigenvalue weighted by Crippen LogP contribution is -2.18. The third-order valence-electron chi connectivity index (χ3n) is 3.62. The number of hydrogen-bond acceptors (Lipinski definition) is 4. The third-order valence-corrected chi connectivity index (χ3v) is 3.94. The molecule has 3 rings (SSSR count). The second-order valence-corrected chi connectivity index (χ2v) is 4.96. The van der Waals surface area contributed by atoms with Crippen molar-refractivity contribution in [3.8, 4) is 17.6 Å². The van der Waals surface area contributed by atoms with Crippen molar-refractivity contribution >= 4 is 12.6 Å². The summed E-state index contributed by atoms with van der Waals surface area (Å²) in [5, 5.41) is 9.41. The first-order valence-electron chi connectivity index (χ1n) is 6.34. The first kappa shape index (κ1) is 11.7. The minimum atomic E-state index is 0.639. The van der Waals surface area contributed by atoms with Crippen LogP contribution in [-0.2, 0) is 18.6 Å². The molecule has 4 heteroatoms. The van der Waals surface area contributed by atoms with E-state index in [-0.39, 0.29) is 0 Å². The van der Waals surface area contributed by atoms with Crippen LogP contribution in [-0.4, -0.2) is 13.2 Å². The van der Waals surface area contributed by atoms with Gasteiger partial charge >= 0.3 is 0 Å². The van der Waals surface area contributed by atoms with E-state index < -0.39 is 0 Å². The molecule has 18 heavy (non-hydrogen) atoms. The summed E-state index contributed by atoms with van der Waals surface area (Å²) >= 11 is 4.42. The zero-order chi connectivity index (χ0) is 12.5. The fourth-order valence-corrected chi connectivity index (χ4v) is 3.16. The minimum Gasteiger partial charge on any atom is -0.493 e. The molecule has 3 nitrogen and oxygen atoms in total. The van der Waals surface area contributed by atoms with E-state index in [1.165, 1.54) is 0 Å². The first-order chi connectivity index (χ1) is 8.86. The maximum absolute atomic E-state index is 9.41. The molecule has 0 radical (unpaired) electrons. The molecule has 0 saturated heterocycles. The Labute approximate surface area is 112 Å². The smallest absolute Gasteiger partial charge is 0.141 e. The molecular formula is C14H15NO2S. The maximum Gasteiger partial charge on any atom is 0.141 e. The molecule has 0 unspecified atom stereocenters. The number of nitriles is 1. The molecule has 2 aliphatic heterocycles. The molecule has 94 valence electrons. The van der Waals surface area contributed by atoms with Gasteiger partial charge in [-0.05, 0) is 25.7 Å². The summed E-state index contributed by atoms with van der Waals surface area (Å²) in [5.41, 5.74) is 3.97. The SMILES string of the molecule is N#Cc1c2c(c(CS)c3c1OCCC3)OCCC2. The van der Waals surface area contributed by atoms with Gasteiger partial charge in [-0.25, -0.2) is 0 Å². The molecular weight excluding hydrogens is 246 g/mol. The highest BCUT2D eigenvalue weighted by molar-refractivity contribution is 7.79. The van der Waals surface area contributed by atoms with Crippen LogP contribution in [0.1, 0.15) is 35.1 Å². The Morgan fingerprint density at radius 1 is 1.06 bits per heavy atom. The molecule has 0 amide bonds. The summed E-state index contributed by atoms with van der Waals surface area (Å²) in [6, 6.07) is 2.30. The number of fused-ring (bicyclic) bond motifs is 2. The van der Waals surface area contributed by atoms with E-state index in [1.807, 2.05) is 0 Å². The number of ether oxygens (including phenoxy) is 2. The molecule has 0 aromatic heterocycles. The minimum absolute atomic E-state index is 0.639. The van der Waals surface area contributed by atoms with Crippen LogP contribution in [0.15, 0.2) is 0 Å². The van der Waals surface area contributed by atoms with E-state index in [0.29, 0.717) is 17.9 Å². The number of rotatable bonds is 1. The van der Waals surface area contributed by atoms with Gasteiger partial charge in [-0.15, -0.1) is 0 Å². The Morgan fingerprint density at radius 2 is 1.72 bits per heavy atom. The Kier molecular flexibility index (Phi) is 3.09. The second kappa shape index (κ2) is 4.74. The summed E-state index contributed by atoms with van der Waals surface area (Å²) in [5.74, 6) is 2.33. The van der Waals surface area contributed by atoms with Crippen molar-refractivity contribution in [2.75, 3.05) is 13.2 Å². The van der Waals surface area contributed by atoms with Gasteiger partial charge in [0.05, 0.1) is 13.2 Å². The van der Waals surface area contributed by atoms with E-state index in [9.17, 15) is 5.26 Å². The lowest BCUT2D eigenvalue weighted by Gasteiger charge is -2.28. The Hall–Kier alpha value is -1.34.